The highest BCUT2D eigenvalue weighted by atomic mass is 35.5. The Morgan fingerprint density at radius 3 is 2.38 bits per heavy atom. The molecule has 1 aliphatic heterocycles. The van der Waals surface area contributed by atoms with Crippen LogP contribution in [0.5, 0.6) is 17.2 Å². The molecule has 0 bridgehead atoms. The van der Waals surface area contributed by atoms with E-state index in [1.54, 1.807) is 57.7 Å². The second kappa shape index (κ2) is 27.7. The Balaban J connectivity index is 0.00000379. The summed E-state index contributed by atoms with van der Waals surface area (Å²) in [7, 11) is 3.88. The molecule has 1 saturated heterocycles. The number of hydrogen-bond acceptors (Lipinski definition) is 7. The van der Waals surface area contributed by atoms with E-state index in [-0.39, 0.29) is 6.03 Å². The van der Waals surface area contributed by atoms with Crippen molar-refractivity contribution in [1.29, 1.82) is 0 Å². The predicted molar refractivity (Wildman–Crippen MR) is 207 cm³/mol. The molecule has 2 aromatic rings. The van der Waals surface area contributed by atoms with Crippen molar-refractivity contribution in [2.75, 3.05) is 60.6 Å². The zero-order valence-electron chi connectivity index (χ0n) is 31.4. The molecule has 0 spiro atoms. The largest absolute Gasteiger partial charge is 0.493 e. The normalized spacial score (nSPS) is 14.9. The monoisotopic (exact) mass is 716 g/mol. The van der Waals surface area contributed by atoms with Gasteiger partial charge in [-0.15, -0.1) is 11.6 Å². The van der Waals surface area contributed by atoms with Crippen LogP contribution in [0.1, 0.15) is 47.5 Å². The zero-order valence-corrected chi connectivity index (χ0v) is 32.2. The van der Waals surface area contributed by atoms with Crippen molar-refractivity contribution < 1.29 is 28.1 Å². The molecular weight excluding hydrogens is 659 g/mol. The molecule has 9 nitrogen and oxygen atoms in total. The highest BCUT2D eigenvalue weighted by molar-refractivity contribution is 6.15. The number of nitrogens with zero attached hydrogens (tertiary/aromatic N) is 2. The summed E-state index contributed by atoms with van der Waals surface area (Å²) in [6, 6.07) is 5.19. The Morgan fingerprint density at radius 2 is 1.74 bits per heavy atom. The number of methoxy groups -OCH3 is 2. The van der Waals surface area contributed by atoms with Crippen LogP contribution in [0.2, 0.25) is 0 Å². The molecule has 1 atom stereocenters. The summed E-state index contributed by atoms with van der Waals surface area (Å²) in [5, 5.41) is 6.37. The van der Waals surface area contributed by atoms with E-state index in [2.05, 4.69) is 45.3 Å². The smallest absolute Gasteiger partial charge is 0.323 e. The number of rotatable bonds is 16. The number of ether oxygens (including phenoxy) is 4. The minimum absolute atomic E-state index is 0.342. The van der Waals surface area contributed by atoms with Crippen molar-refractivity contribution in [1.82, 2.24) is 20.5 Å². The van der Waals surface area contributed by atoms with Crippen molar-refractivity contribution in [3.63, 3.8) is 0 Å². The number of urea groups is 1. The van der Waals surface area contributed by atoms with Gasteiger partial charge in [-0.2, -0.15) is 0 Å². The van der Waals surface area contributed by atoms with E-state index in [9.17, 15) is 9.18 Å². The van der Waals surface area contributed by atoms with Crippen LogP contribution >= 0.6 is 11.6 Å². The van der Waals surface area contributed by atoms with E-state index in [1.807, 2.05) is 52.0 Å². The van der Waals surface area contributed by atoms with Gasteiger partial charge in [0.25, 0.3) is 0 Å². The molecule has 2 N–H and O–H groups in total. The van der Waals surface area contributed by atoms with E-state index >= 15 is 0 Å². The molecule has 278 valence electrons. The van der Waals surface area contributed by atoms with Crippen molar-refractivity contribution in [3.8, 4) is 17.2 Å². The zero-order chi connectivity index (χ0) is 37.9. The minimum Gasteiger partial charge on any atom is -0.493 e. The first-order chi connectivity index (χ1) is 24.3. The lowest BCUT2D eigenvalue weighted by Gasteiger charge is -2.17. The van der Waals surface area contributed by atoms with Crippen LogP contribution in [0.15, 0.2) is 96.7 Å². The Labute approximate surface area is 304 Å². The van der Waals surface area contributed by atoms with Crippen molar-refractivity contribution in [2.24, 2.45) is 5.92 Å². The fourth-order valence-corrected chi connectivity index (χ4v) is 4.97. The molecule has 1 aromatic carbocycles. The summed E-state index contributed by atoms with van der Waals surface area (Å²) >= 11 is 4.64. The average Bonchev–Trinajstić information content (AvgIpc) is 3.57. The highest BCUT2D eigenvalue weighted by Gasteiger charge is 2.21. The summed E-state index contributed by atoms with van der Waals surface area (Å²) in [5.41, 5.74) is 3.04. The van der Waals surface area contributed by atoms with Crippen molar-refractivity contribution >= 4 is 28.5 Å². The SMILES string of the molecule is C=C/C=C(C)\C=C(/C)NC(=O)N/C(C)=C/C=C(\C=C)Oc1ccnc2cc(OCCCN3CCC(COC)C3)c(OC)cc12.CC.CCl.CF. The number of allylic oxidation sites excluding steroid dienone is 9. The second-order valence-corrected chi connectivity index (χ2v) is 10.7. The molecular formula is C39H58ClFN4O5. The first-order valence-corrected chi connectivity index (χ1v) is 17.3. The van der Waals surface area contributed by atoms with Gasteiger partial charge in [-0.25, -0.2) is 4.79 Å². The number of pyridine rings is 1. The van der Waals surface area contributed by atoms with Gasteiger partial charge in [0.2, 0.25) is 0 Å². The van der Waals surface area contributed by atoms with Crippen molar-refractivity contribution in [3.05, 3.63) is 96.7 Å². The summed E-state index contributed by atoms with van der Waals surface area (Å²) in [6.45, 7) is 21.7. The second-order valence-electron chi connectivity index (χ2n) is 10.7. The number of likely N-dealkylation sites (tertiary alicyclic amines) is 1. The Bertz CT molecular complexity index is 1440. The van der Waals surface area contributed by atoms with E-state index in [0.717, 1.165) is 49.1 Å². The first kappa shape index (κ1) is 45.9. The lowest BCUT2D eigenvalue weighted by Crippen LogP contribution is -2.33. The number of carbonyl (C=O) groups excluding carboxylic acids is 1. The van der Waals surface area contributed by atoms with E-state index in [1.165, 1.54) is 12.8 Å². The van der Waals surface area contributed by atoms with Gasteiger partial charge >= 0.3 is 6.03 Å². The third-order valence-electron chi connectivity index (χ3n) is 7.01. The molecule has 0 aliphatic carbocycles. The lowest BCUT2D eigenvalue weighted by molar-refractivity contribution is 0.152. The number of halogens is 2. The average molecular weight is 717 g/mol. The molecule has 1 aromatic heterocycles. The third-order valence-corrected chi connectivity index (χ3v) is 7.01. The van der Waals surface area contributed by atoms with Gasteiger partial charge in [0.1, 0.15) is 11.5 Å². The van der Waals surface area contributed by atoms with E-state index < -0.39 is 0 Å². The maximum Gasteiger partial charge on any atom is 0.323 e. The standard InChI is InChI=1S/C35H46N4O5.C2H6.CH3Cl.CH3F/c1-8-11-25(3)20-27(5)38-35(40)37-26(4)12-13-29(9-2)44-32-14-16-36-31-22-34(33(42-7)21-30(31)32)43-19-10-17-39-18-15-28(23-39)24-41-6;3*1-2/h8-9,11-14,16,20-22,28H,1-2,10,15,17-19,23-24H2,3-7H3,(H2,37,38,40);1-2H3;2*1H3/b25-11-,26-12+,27-20+,29-13+;;;. The number of fused-ring (bicyclic) bond motifs is 1. The highest BCUT2D eigenvalue weighted by Crippen LogP contribution is 2.36. The fraction of sp³-hybridized carbons (Fsp3) is 0.436. The van der Waals surface area contributed by atoms with Crippen LogP contribution in [0, 0.1) is 5.92 Å². The predicted octanol–water partition coefficient (Wildman–Crippen LogP) is 9.14. The molecule has 0 saturated carbocycles. The molecule has 1 fully saturated rings. The number of carbonyl (C=O) groups is 1. The van der Waals surface area contributed by atoms with Gasteiger partial charge in [0.15, 0.2) is 11.5 Å². The summed E-state index contributed by atoms with van der Waals surface area (Å²) in [6.07, 6.45) is 15.8. The van der Waals surface area contributed by atoms with Gasteiger partial charge in [0, 0.05) is 55.6 Å². The van der Waals surface area contributed by atoms with Crippen LogP contribution in [-0.2, 0) is 4.74 Å². The number of hydrogen-bond donors (Lipinski definition) is 2. The van der Waals surface area contributed by atoms with Crippen LogP contribution < -0.4 is 24.8 Å². The molecule has 2 heterocycles. The first-order valence-electron chi connectivity index (χ1n) is 16.6. The number of aromatic nitrogens is 1. The molecule has 3 rings (SSSR count). The van der Waals surface area contributed by atoms with Gasteiger partial charge in [-0.1, -0.05) is 39.2 Å². The molecule has 50 heavy (non-hydrogen) atoms. The third kappa shape index (κ3) is 17.0. The number of alkyl halides is 2. The van der Waals surface area contributed by atoms with Gasteiger partial charge in [0.05, 0.1) is 33.0 Å². The minimum atomic E-state index is -0.342. The molecule has 1 unspecified atom stereocenters. The van der Waals surface area contributed by atoms with E-state index in [0.29, 0.717) is 54.1 Å². The van der Waals surface area contributed by atoms with Gasteiger partial charge in [-0.3, -0.25) is 9.37 Å². The fourth-order valence-electron chi connectivity index (χ4n) is 4.97. The molecule has 11 heteroatoms. The topological polar surface area (TPSA) is 94.2 Å². The summed E-state index contributed by atoms with van der Waals surface area (Å²) in [5.74, 6) is 2.95. The van der Waals surface area contributed by atoms with Crippen LogP contribution in [0.3, 0.4) is 0 Å². The maximum absolute atomic E-state index is 12.4. The van der Waals surface area contributed by atoms with Crippen molar-refractivity contribution in [2.45, 2.75) is 47.5 Å². The summed E-state index contributed by atoms with van der Waals surface area (Å²) in [4.78, 5) is 19.4. The number of nitrogens with one attached hydrogen (secondary N) is 2. The quantitative estimate of drug-likeness (QED) is 0.0775. The van der Waals surface area contributed by atoms with Gasteiger partial charge < -0.3 is 34.5 Å². The van der Waals surface area contributed by atoms with Crippen LogP contribution in [0.4, 0.5) is 9.18 Å². The maximum atomic E-state index is 12.4. The molecule has 1 aliphatic rings. The summed E-state index contributed by atoms with van der Waals surface area (Å²) < 4.78 is 32.8. The Morgan fingerprint density at radius 1 is 1.04 bits per heavy atom. The number of amides is 2. The molecule has 0 radical (unpaired) electrons. The Kier molecular flexibility index (Phi) is 25.4. The van der Waals surface area contributed by atoms with Gasteiger partial charge in [-0.05, 0) is 88.1 Å². The van der Waals surface area contributed by atoms with Crippen LogP contribution in [-0.4, -0.2) is 76.5 Å². The molecule has 2 amide bonds. The Hall–Kier alpha value is -4.12. The van der Waals surface area contributed by atoms with Crippen LogP contribution in [0.25, 0.3) is 10.9 Å². The number of benzene rings is 1. The lowest BCUT2D eigenvalue weighted by atomic mass is 10.1. The van der Waals surface area contributed by atoms with E-state index in [4.69, 9.17) is 18.9 Å².